The number of nitrogens with zero attached hydrogens (tertiary/aromatic N) is 3. The Hall–Kier alpha value is -0.740. The zero-order chi connectivity index (χ0) is 19.9. The van der Waals surface area contributed by atoms with Crippen LogP contribution in [-0.4, -0.2) is 60.3 Å². The third-order valence-corrected chi connectivity index (χ3v) is 5.80. The molecular weight excluding hydrogens is 485 g/mol. The number of hydrogen-bond acceptors (Lipinski definition) is 5. The highest BCUT2D eigenvalue weighted by molar-refractivity contribution is 14.0. The molecule has 160 valence electrons. The normalized spacial score (nSPS) is 20.5. The standard InChI is InChI=1S/C20H35N5OS.HI/c1-7-21-19(24-14-20(4,5)27-6)23-11-17-8-9-18(22-10-17)25-12-15(2)26-16(3)13-25;/h8-10,15-16H,7,11-14H2,1-6H3,(H2,21,23,24);1H. The molecule has 1 aliphatic heterocycles. The first kappa shape index (κ1) is 25.3. The minimum Gasteiger partial charge on any atom is -0.372 e. The molecule has 2 N–H and O–H groups in total. The molecule has 0 aromatic carbocycles. The summed E-state index contributed by atoms with van der Waals surface area (Å²) in [5, 5.41) is 6.74. The minimum atomic E-state index is 0. The summed E-state index contributed by atoms with van der Waals surface area (Å²) in [6.07, 6.45) is 4.53. The van der Waals surface area contributed by atoms with Crippen molar-refractivity contribution in [3.8, 4) is 0 Å². The molecular formula is C20H36IN5OS. The summed E-state index contributed by atoms with van der Waals surface area (Å²) in [5.74, 6) is 1.86. The number of anilines is 1. The molecule has 6 nitrogen and oxygen atoms in total. The maximum Gasteiger partial charge on any atom is 0.191 e. The Morgan fingerprint density at radius 2 is 1.96 bits per heavy atom. The molecule has 28 heavy (non-hydrogen) atoms. The molecule has 2 heterocycles. The lowest BCUT2D eigenvalue weighted by atomic mass is 10.2. The van der Waals surface area contributed by atoms with Crippen LogP contribution in [0.1, 0.15) is 40.2 Å². The Kier molecular flexibility index (Phi) is 10.9. The van der Waals surface area contributed by atoms with Gasteiger partial charge in [0.15, 0.2) is 5.96 Å². The van der Waals surface area contributed by atoms with E-state index in [1.165, 1.54) is 0 Å². The summed E-state index contributed by atoms with van der Waals surface area (Å²) < 4.78 is 5.97. The van der Waals surface area contributed by atoms with Gasteiger partial charge in [-0.2, -0.15) is 11.8 Å². The van der Waals surface area contributed by atoms with E-state index >= 15 is 0 Å². The second-order valence-electron chi connectivity index (χ2n) is 7.70. The largest absolute Gasteiger partial charge is 0.372 e. The van der Waals surface area contributed by atoms with Crippen LogP contribution >= 0.6 is 35.7 Å². The van der Waals surface area contributed by atoms with Crippen molar-refractivity contribution in [1.29, 1.82) is 0 Å². The molecule has 2 atom stereocenters. The molecule has 2 unspecified atom stereocenters. The lowest BCUT2D eigenvalue weighted by molar-refractivity contribution is -0.00545. The smallest absolute Gasteiger partial charge is 0.191 e. The lowest BCUT2D eigenvalue weighted by Crippen LogP contribution is -2.45. The molecule has 0 bridgehead atoms. The summed E-state index contributed by atoms with van der Waals surface area (Å²) in [5.41, 5.74) is 1.11. The van der Waals surface area contributed by atoms with Gasteiger partial charge in [-0.25, -0.2) is 9.98 Å². The average Bonchev–Trinajstić information content (AvgIpc) is 2.63. The summed E-state index contributed by atoms with van der Waals surface area (Å²) in [7, 11) is 0. The van der Waals surface area contributed by atoms with Gasteiger partial charge in [0, 0.05) is 37.1 Å². The van der Waals surface area contributed by atoms with Gasteiger partial charge in [0.05, 0.1) is 18.8 Å². The van der Waals surface area contributed by atoms with Gasteiger partial charge in [-0.15, -0.1) is 24.0 Å². The van der Waals surface area contributed by atoms with Crippen LogP contribution in [-0.2, 0) is 11.3 Å². The number of hydrogen-bond donors (Lipinski definition) is 2. The molecule has 0 amide bonds. The maximum atomic E-state index is 5.80. The number of ether oxygens (including phenoxy) is 1. The van der Waals surface area contributed by atoms with Crippen LogP contribution in [0.25, 0.3) is 0 Å². The van der Waals surface area contributed by atoms with Crippen LogP contribution in [0.15, 0.2) is 23.3 Å². The van der Waals surface area contributed by atoms with Gasteiger partial charge in [-0.3, -0.25) is 0 Å². The van der Waals surface area contributed by atoms with E-state index in [0.717, 1.165) is 43.5 Å². The minimum absolute atomic E-state index is 0. The molecule has 1 aromatic rings. The predicted molar refractivity (Wildman–Crippen MR) is 132 cm³/mol. The first-order valence-electron chi connectivity index (χ1n) is 9.75. The molecule has 8 heteroatoms. The third-order valence-electron chi connectivity index (χ3n) is 4.55. The predicted octanol–water partition coefficient (Wildman–Crippen LogP) is 3.51. The number of thioether (sulfide) groups is 1. The van der Waals surface area contributed by atoms with E-state index in [-0.39, 0.29) is 40.9 Å². The van der Waals surface area contributed by atoms with Gasteiger partial charge in [0.25, 0.3) is 0 Å². The van der Waals surface area contributed by atoms with Gasteiger partial charge in [0.1, 0.15) is 5.82 Å². The number of guanidine groups is 1. The maximum absolute atomic E-state index is 5.80. The Balaban J connectivity index is 0.00000392. The monoisotopic (exact) mass is 521 g/mol. The zero-order valence-electron chi connectivity index (χ0n) is 18.0. The highest BCUT2D eigenvalue weighted by atomic mass is 127. The fourth-order valence-electron chi connectivity index (χ4n) is 2.94. The van der Waals surface area contributed by atoms with Crippen molar-refractivity contribution in [2.24, 2.45) is 4.99 Å². The zero-order valence-corrected chi connectivity index (χ0v) is 21.1. The van der Waals surface area contributed by atoms with Crippen molar-refractivity contribution in [2.45, 2.75) is 58.1 Å². The number of aromatic nitrogens is 1. The number of pyridine rings is 1. The Morgan fingerprint density at radius 3 is 2.50 bits per heavy atom. The number of halogens is 1. The fourth-order valence-corrected chi connectivity index (χ4v) is 3.16. The van der Waals surface area contributed by atoms with E-state index < -0.39 is 0 Å². The van der Waals surface area contributed by atoms with Crippen molar-refractivity contribution in [1.82, 2.24) is 15.6 Å². The molecule has 1 aromatic heterocycles. The molecule has 0 aliphatic carbocycles. The molecule has 2 rings (SSSR count). The van der Waals surface area contributed by atoms with Crippen molar-refractivity contribution in [3.05, 3.63) is 23.9 Å². The van der Waals surface area contributed by atoms with E-state index in [4.69, 9.17) is 9.73 Å². The van der Waals surface area contributed by atoms with Gasteiger partial charge in [0.2, 0.25) is 0 Å². The Bertz CT molecular complexity index is 601. The van der Waals surface area contributed by atoms with Crippen molar-refractivity contribution >= 4 is 47.5 Å². The summed E-state index contributed by atoms with van der Waals surface area (Å²) >= 11 is 1.85. The van der Waals surface area contributed by atoms with Crippen LogP contribution in [0.5, 0.6) is 0 Å². The summed E-state index contributed by atoms with van der Waals surface area (Å²) in [6.45, 7) is 14.8. The van der Waals surface area contributed by atoms with Gasteiger partial charge >= 0.3 is 0 Å². The summed E-state index contributed by atoms with van der Waals surface area (Å²) in [6, 6.07) is 4.21. The van der Waals surface area contributed by atoms with Crippen LogP contribution in [0.3, 0.4) is 0 Å². The van der Waals surface area contributed by atoms with Crippen molar-refractivity contribution < 1.29 is 4.74 Å². The van der Waals surface area contributed by atoms with Gasteiger partial charge < -0.3 is 20.3 Å². The second kappa shape index (κ2) is 12.1. The molecule has 0 spiro atoms. The van der Waals surface area contributed by atoms with Crippen molar-refractivity contribution in [2.75, 3.05) is 37.3 Å². The molecule has 1 fully saturated rings. The van der Waals surface area contributed by atoms with Crippen LogP contribution < -0.4 is 15.5 Å². The Morgan fingerprint density at radius 1 is 1.29 bits per heavy atom. The first-order valence-corrected chi connectivity index (χ1v) is 11.0. The lowest BCUT2D eigenvalue weighted by Gasteiger charge is -2.36. The average molecular weight is 522 g/mol. The van der Waals surface area contributed by atoms with E-state index in [1.807, 2.05) is 18.0 Å². The van der Waals surface area contributed by atoms with Crippen LogP contribution in [0.2, 0.25) is 0 Å². The van der Waals surface area contributed by atoms with Gasteiger partial charge in [-0.1, -0.05) is 6.07 Å². The van der Waals surface area contributed by atoms with E-state index in [2.05, 4.69) is 73.5 Å². The Labute approximate surface area is 191 Å². The van der Waals surface area contributed by atoms with Crippen LogP contribution in [0, 0.1) is 0 Å². The highest BCUT2D eigenvalue weighted by Crippen LogP contribution is 2.20. The number of aliphatic imine (C=N–C) groups is 1. The summed E-state index contributed by atoms with van der Waals surface area (Å²) in [4.78, 5) is 11.6. The number of morpholine rings is 1. The quantitative estimate of drug-likeness (QED) is 0.326. The molecule has 0 radical (unpaired) electrons. The second-order valence-corrected chi connectivity index (χ2v) is 9.21. The SMILES string of the molecule is CCNC(=NCc1ccc(N2CC(C)OC(C)C2)nc1)NCC(C)(C)SC.I. The number of nitrogens with one attached hydrogen (secondary N) is 2. The van der Waals surface area contributed by atoms with Gasteiger partial charge in [-0.05, 0) is 52.5 Å². The van der Waals surface area contributed by atoms with Crippen LogP contribution in [0.4, 0.5) is 5.82 Å². The first-order chi connectivity index (χ1) is 12.8. The fraction of sp³-hybridized carbons (Fsp3) is 0.700. The van der Waals surface area contributed by atoms with E-state index in [9.17, 15) is 0 Å². The van der Waals surface area contributed by atoms with Crippen molar-refractivity contribution in [3.63, 3.8) is 0 Å². The third kappa shape index (κ3) is 8.32. The highest BCUT2D eigenvalue weighted by Gasteiger charge is 2.23. The number of rotatable bonds is 7. The molecule has 1 saturated heterocycles. The van der Waals surface area contributed by atoms with E-state index in [1.54, 1.807) is 0 Å². The molecule has 0 saturated carbocycles. The topological polar surface area (TPSA) is 61.8 Å². The molecule has 1 aliphatic rings. The van der Waals surface area contributed by atoms with E-state index in [0.29, 0.717) is 6.54 Å².